The van der Waals surface area contributed by atoms with Gasteiger partial charge in [-0.15, -0.1) is 0 Å². The van der Waals surface area contributed by atoms with Crippen molar-refractivity contribution in [2.24, 2.45) is 5.73 Å². The molecule has 4 rings (SSSR count). The van der Waals surface area contributed by atoms with Crippen molar-refractivity contribution in [1.82, 2.24) is 0 Å². The molecule has 0 saturated heterocycles. The van der Waals surface area contributed by atoms with Crippen LogP contribution in [0.4, 0.5) is 0 Å². The maximum Gasteiger partial charge on any atom is 0.131 e. The molecule has 1 heterocycles. The average Bonchev–Trinajstić information content (AvgIpc) is 3.25. The predicted octanol–water partition coefficient (Wildman–Crippen LogP) is 4.39. The van der Waals surface area contributed by atoms with Gasteiger partial charge in [0.25, 0.3) is 0 Å². The van der Waals surface area contributed by atoms with Crippen molar-refractivity contribution in [3.8, 4) is 23.0 Å². The number of ether oxygens (including phenoxy) is 3. The summed E-state index contributed by atoms with van der Waals surface area (Å²) in [6.45, 7) is 0.665. The van der Waals surface area contributed by atoms with E-state index in [1.165, 1.54) is 0 Å². The summed E-state index contributed by atoms with van der Waals surface area (Å²) in [6.07, 6.45) is 2.25. The molecule has 0 radical (unpaired) electrons. The van der Waals surface area contributed by atoms with Crippen molar-refractivity contribution in [2.75, 3.05) is 19.8 Å². The normalized spacial score (nSPS) is 15.1. The molecule has 33 heavy (non-hydrogen) atoms. The molecule has 1 aliphatic heterocycles. The Hall–Kier alpha value is -3.06. The molecule has 4 N–H and O–H groups in total. The Bertz CT molecular complexity index is 1040. The van der Waals surface area contributed by atoms with Crippen LogP contribution in [0.2, 0.25) is 0 Å². The van der Waals surface area contributed by atoms with E-state index in [1.807, 2.05) is 72.8 Å². The van der Waals surface area contributed by atoms with Crippen LogP contribution in [-0.4, -0.2) is 35.6 Å². The first-order valence-electron chi connectivity index (χ1n) is 11.3. The Morgan fingerprint density at radius 2 is 1.67 bits per heavy atom. The van der Waals surface area contributed by atoms with Crippen LogP contribution in [0, 0.1) is 0 Å². The Labute approximate surface area is 194 Å². The van der Waals surface area contributed by atoms with E-state index < -0.39 is 5.54 Å². The second kappa shape index (κ2) is 10.7. The first-order valence-corrected chi connectivity index (χ1v) is 11.3. The lowest BCUT2D eigenvalue weighted by Crippen LogP contribution is -2.47. The molecule has 3 aromatic carbocycles. The summed E-state index contributed by atoms with van der Waals surface area (Å²) in [4.78, 5) is 0. The molecule has 0 spiro atoms. The molecule has 0 saturated carbocycles. The highest BCUT2D eigenvalue weighted by atomic mass is 16.5. The zero-order valence-electron chi connectivity index (χ0n) is 18.7. The van der Waals surface area contributed by atoms with E-state index in [4.69, 9.17) is 19.9 Å². The minimum Gasteiger partial charge on any atom is -0.493 e. The Morgan fingerprint density at radius 3 is 2.45 bits per heavy atom. The lowest BCUT2D eigenvalue weighted by atomic mass is 9.90. The van der Waals surface area contributed by atoms with Gasteiger partial charge in [0, 0.05) is 23.6 Å². The fraction of sp³-hybridized carbons (Fsp3) is 0.333. The highest BCUT2D eigenvalue weighted by Gasteiger charge is 2.27. The fourth-order valence-corrected chi connectivity index (χ4v) is 3.97. The maximum atomic E-state index is 9.35. The van der Waals surface area contributed by atoms with E-state index in [0.29, 0.717) is 31.1 Å². The quantitative estimate of drug-likeness (QED) is 0.402. The van der Waals surface area contributed by atoms with Crippen molar-refractivity contribution in [3.63, 3.8) is 0 Å². The van der Waals surface area contributed by atoms with Crippen LogP contribution in [0.25, 0.3) is 0 Å². The molecule has 0 bridgehead atoms. The summed E-state index contributed by atoms with van der Waals surface area (Å²) in [5.41, 5.74) is 7.32. The Morgan fingerprint density at radius 1 is 0.909 bits per heavy atom. The van der Waals surface area contributed by atoms with Crippen LogP contribution in [0.5, 0.6) is 23.0 Å². The van der Waals surface area contributed by atoms with Gasteiger partial charge in [0.2, 0.25) is 0 Å². The summed E-state index contributed by atoms with van der Waals surface area (Å²) in [5, 5.41) is 18.7. The van der Waals surface area contributed by atoms with Gasteiger partial charge in [-0.3, -0.25) is 0 Å². The molecule has 174 valence electrons. The number of hydrogen-bond donors (Lipinski definition) is 3. The number of rotatable bonds is 11. The number of aliphatic hydroxyl groups excluding tert-OH is 2. The fourth-order valence-electron chi connectivity index (χ4n) is 3.97. The molecule has 0 fully saturated rings. The van der Waals surface area contributed by atoms with E-state index in [-0.39, 0.29) is 19.1 Å². The van der Waals surface area contributed by atoms with Gasteiger partial charge in [-0.25, -0.2) is 0 Å². The van der Waals surface area contributed by atoms with Crippen molar-refractivity contribution < 1.29 is 24.4 Å². The first-order chi connectivity index (χ1) is 16.1. The molecule has 1 atom stereocenters. The number of hydrogen-bond acceptors (Lipinski definition) is 6. The van der Waals surface area contributed by atoms with Gasteiger partial charge < -0.3 is 30.2 Å². The summed E-state index contributed by atoms with van der Waals surface area (Å²) >= 11 is 0. The second-order valence-corrected chi connectivity index (χ2v) is 8.63. The lowest BCUT2D eigenvalue weighted by Gasteiger charge is -2.24. The van der Waals surface area contributed by atoms with E-state index >= 15 is 0 Å². The topological polar surface area (TPSA) is 94.2 Å². The first kappa shape index (κ1) is 23.1. The number of benzene rings is 3. The molecule has 3 aromatic rings. The van der Waals surface area contributed by atoms with Crippen LogP contribution in [-0.2, 0) is 6.61 Å². The molecule has 0 amide bonds. The van der Waals surface area contributed by atoms with Crippen LogP contribution >= 0.6 is 0 Å². The monoisotopic (exact) mass is 449 g/mol. The summed E-state index contributed by atoms with van der Waals surface area (Å²) in [5.74, 6) is 3.25. The molecule has 6 heteroatoms. The highest BCUT2D eigenvalue weighted by Crippen LogP contribution is 2.40. The van der Waals surface area contributed by atoms with Crippen molar-refractivity contribution >= 4 is 0 Å². The van der Waals surface area contributed by atoms with E-state index in [1.54, 1.807) is 0 Å². The van der Waals surface area contributed by atoms with Gasteiger partial charge >= 0.3 is 0 Å². The number of aliphatic hydroxyl groups is 2. The van der Waals surface area contributed by atoms with Crippen LogP contribution in [0.15, 0.2) is 72.8 Å². The van der Waals surface area contributed by atoms with Gasteiger partial charge in [-0.05, 0) is 36.6 Å². The minimum atomic E-state index is -0.917. The number of nitrogens with two attached hydrogens (primary N) is 1. The van der Waals surface area contributed by atoms with Crippen LogP contribution in [0.1, 0.15) is 36.3 Å². The van der Waals surface area contributed by atoms with Gasteiger partial charge in [0.15, 0.2) is 0 Å². The molecule has 0 aromatic heterocycles. The van der Waals surface area contributed by atoms with Gasteiger partial charge in [-0.1, -0.05) is 48.9 Å². The van der Waals surface area contributed by atoms with Gasteiger partial charge in [0.1, 0.15) is 29.6 Å². The third-order valence-corrected chi connectivity index (χ3v) is 6.01. The SMILES string of the molecule is NC(CO)(CO)CCCC1COc2cc(Oc3cccc(OCc4ccccc4)c3)ccc21. The number of fused-ring (bicyclic) bond motifs is 1. The van der Waals surface area contributed by atoms with Crippen molar-refractivity contribution in [1.29, 1.82) is 0 Å². The second-order valence-electron chi connectivity index (χ2n) is 8.63. The molecular formula is C27H31NO5. The zero-order valence-corrected chi connectivity index (χ0v) is 18.7. The maximum absolute atomic E-state index is 9.35. The molecule has 6 nitrogen and oxygen atoms in total. The van der Waals surface area contributed by atoms with E-state index in [9.17, 15) is 10.2 Å². The van der Waals surface area contributed by atoms with E-state index in [2.05, 4.69) is 0 Å². The average molecular weight is 450 g/mol. The third kappa shape index (κ3) is 6.05. The Balaban J connectivity index is 1.34. The largest absolute Gasteiger partial charge is 0.493 e. The summed E-state index contributed by atoms with van der Waals surface area (Å²) < 4.78 is 17.8. The highest BCUT2D eigenvalue weighted by molar-refractivity contribution is 5.47. The van der Waals surface area contributed by atoms with Crippen molar-refractivity contribution in [3.05, 3.63) is 83.9 Å². The molecular weight excluding hydrogens is 418 g/mol. The predicted molar refractivity (Wildman–Crippen MR) is 127 cm³/mol. The van der Waals surface area contributed by atoms with Gasteiger partial charge in [-0.2, -0.15) is 0 Å². The minimum absolute atomic E-state index is 0.222. The van der Waals surface area contributed by atoms with Crippen LogP contribution in [0.3, 0.4) is 0 Å². The van der Waals surface area contributed by atoms with Gasteiger partial charge in [0.05, 0.1) is 25.4 Å². The lowest BCUT2D eigenvalue weighted by molar-refractivity contribution is 0.111. The van der Waals surface area contributed by atoms with Crippen molar-refractivity contribution in [2.45, 2.75) is 37.3 Å². The Kier molecular flexibility index (Phi) is 7.50. The summed E-state index contributed by atoms with van der Waals surface area (Å²) in [6, 6.07) is 23.5. The standard InChI is InChI=1S/C27H31NO5/c28-27(18-29,19-30)13-5-8-21-17-32-26-15-24(11-12-25(21)26)33-23-10-4-9-22(14-23)31-16-20-6-2-1-3-7-20/h1-4,6-7,9-12,14-15,21,29-30H,5,8,13,16-19,28H2. The zero-order chi connectivity index (χ0) is 23.1. The summed E-state index contributed by atoms with van der Waals surface area (Å²) in [7, 11) is 0. The smallest absolute Gasteiger partial charge is 0.131 e. The molecule has 0 aliphatic carbocycles. The molecule has 1 aliphatic rings. The third-order valence-electron chi connectivity index (χ3n) is 6.01. The van der Waals surface area contributed by atoms with Crippen LogP contribution < -0.4 is 19.9 Å². The van der Waals surface area contributed by atoms with E-state index in [0.717, 1.165) is 35.5 Å². The molecule has 1 unspecified atom stereocenters.